The molecule has 7 nitrogen and oxygen atoms in total. The quantitative estimate of drug-likeness (QED) is 0.243. The van der Waals surface area contributed by atoms with Gasteiger partial charge in [-0.05, 0) is 47.6 Å². The Morgan fingerprint density at radius 2 is 1.90 bits per heavy atom. The molecule has 0 fully saturated rings. The van der Waals surface area contributed by atoms with Crippen molar-refractivity contribution in [3.63, 3.8) is 0 Å². The molecule has 1 aromatic heterocycles. The van der Waals surface area contributed by atoms with Gasteiger partial charge in [0.05, 0.1) is 7.11 Å². The molecule has 0 spiro atoms. The molecule has 8 heteroatoms. The third-order valence-electron chi connectivity index (χ3n) is 4.30. The lowest BCUT2D eigenvalue weighted by atomic mass is 9.87. The molecule has 29 heavy (non-hydrogen) atoms. The third kappa shape index (κ3) is 5.08. The van der Waals surface area contributed by atoms with Gasteiger partial charge in [0.1, 0.15) is 28.2 Å². The Morgan fingerprint density at radius 3 is 2.38 bits per heavy atom. The van der Waals surface area contributed by atoms with Crippen LogP contribution in [0.25, 0.3) is 11.4 Å². The van der Waals surface area contributed by atoms with Gasteiger partial charge in [-0.3, -0.25) is 0 Å². The van der Waals surface area contributed by atoms with Crippen LogP contribution in [0, 0.1) is 16.7 Å². The lowest BCUT2D eigenvalue weighted by molar-refractivity contribution is 0.415. The molecule has 2 rings (SSSR count). The summed E-state index contributed by atoms with van der Waals surface area (Å²) in [5.74, 6) is 7.87. The molecule has 1 aromatic carbocycles. The van der Waals surface area contributed by atoms with E-state index in [0.29, 0.717) is 10.9 Å². The Balaban J connectivity index is 2.58. The highest BCUT2D eigenvalue weighted by Gasteiger charge is 2.21. The van der Waals surface area contributed by atoms with Crippen molar-refractivity contribution >= 4 is 17.6 Å². The molecule has 0 aliphatic carbocycles. The van der Waals surface area contributed by atoms with Crippen LogP contribution >= 0.6 is 11.8 Å². The number of allylic oxidation sites excluding steroid dienone is 2. The van der Waals surface area contributed by atoms with Crippen molar-refractivity contribution in [1.29, 1.82) is 5.26 Å². The molecular weight excluding hydrogens is 384 g/mol. The van der Waals surface area contributed by atoms with Crippen LogP contribution in [-0.2, 0) is 0 Å². The summed E-state index contributed by atoms with van der Waals surface area (Å²) in [7, 11) is 1.60. The average molecular weight is 411 g/mol. The second-order valence-electron chi connectivity index (χ2n) is 7.31. The molecule has 2 aromatic rings. The first-order valence-electron chi connectivity index (χ1n) is 8.84. The highest BCUT2D eigenvalue weighted by atomic mass is 32.2. The van der Waals surface area contributed by atoms with Crippen LogP contribution in [0.2, 0.25) is 0 Å². The van der Waals surface area contributed by atoms with Crippen molar-refractivity contribution in [3.8, 4) is 23.2 Å². The van der Waals surface area contributed by atoms with Gasteiger partial charge in [0.15, 0.2) is 11.6 Å². The number of anilines is 1. The van der Waals surface area contributed by atoms with Gasteiger partial charge >= 0.3 is 0 Å². The number of thioether (sulfide) groups is 1. The lowest BCUT2D eigenvalue weighted by Crippen LogP contribution is -2.36. The van der Waals surface area contributed by atoms with Crippen LogP contribution in [0.1, 0.15) is 26.3 Å². The fraction of sp³-hybridized carbons (Fsp3) is 0.286. The van der Waals surface area contributed by atoms with Crippen molar-refractivity contribution in [2.24, 2.45) is 17.0 Å². The summed E-state index contributed by atoms with van der Waals surface area (Å²) >= 11 is 1.34. The normalized spacial score (nSPS) is 11.7. The maximum atomic E-state index is 9.68. The summed E-state index contributed by atoms with van der Waals surface area (Å²) in [6, 6.07) is 9.46. The smallest absolute Gasteiger partial charge is 0.171 e. The van der Waals surface area contributed by atoms with Crippen LogP contribution in [0.3, 0.4) is 0 Å². The Kier molecular flexibility index (Phi) is 6.90. The van der Waals surface area contributed by atoms with Crippen molar-refractivity contribution in [2.45, 2.75) is 25.8 Å². The summed E-state index contributed by atoms with van der Waals surface area (Å²) in [6.45, 7) is 10.1. The fourth-order valence-corrected chi connectivity index (χ4v) is 2.82. The van der Waals surface area contributed by atoms with E-state index >= 15 is 0 Å². The zero-order valence-electron chi connectivity index (χ0n) is 17.4. The Labute approximate surface area is 176 Å². The van der Waals surface area contributed by atoms with E-state index in [4.69, 9.17) is 16.3 Å². The van der Waals surface area contributed by atoms with Gasteiger partial charge in [-0.15, -0.1) is 11.8 Å². The standard InChI is InChI=1S/C21H26N6OS/c1-13(21(2,3)4)11-17(23)27(24)19-16(12-22)20(29-6)26-18(25-19)14-7-9-15(28-5)10-8-14/h7-11H,1,23-24H2,2-6H3/b17-11-. The minimum absolute atomic E-state index is 0.173. The van der Waals surface area contributed by atoms with E-state index in [1.807, 2.05) is 51.3 Å². The summed E-state index contributed by atoms with van der Waals surface area (Å²) in [5, 5.41) is 11.4. The summed E-state index contributed by atoms with van der Waals surface area (Å²) in [5.41, 5.74) is 7.85. The van der Waals surface area contributed by atoms with E-state index in [2.05, 4.69) is 22.6 Å². The monoisotopic (exact) mass is 410 g/mol. The van der Waals surface area contributed by atoms with Crippen molar-refractivity contribution in [3.05, 3.63) is 53.9 Å². The summed E-state index contributed by atoms with van der Waals surface area (Å²) in [4.78, 5) is 9.05. The Bertz CT molecular complexity index is 970. The van der Waals surface area contributed by atoms with Gasteiger partial charge in [0.25, 0.3) is 0 Å². The molecule has 152 valence electrons. The molecular formula is C21H26N6OS. The van der Waals surface area contributed by atoms with Crippen LogP contribution in [0.5, 0.6) is 5.75 Å². The van der Waals surface area contributed by atoms with Gasteiger partial charge in [-0.25, -0.2) is 20.8 Å². The first-order valence-corrected chi connectivity index (χ1v) is 10.1. The molecule has 1 heterocycles. The predicted octanol–water partition coefficient (Wildman–Crippen LogP) is 3.83. The van der Waals surface area contributed by atoms with Gasteiger partial charge < -0.3 is 10.5 Å². The van der Waals surface area contributed by atoms with E-state index in [-0.39, 0.29) is 22.6 Å². The van der Waals surface area contributed by atoms with E-state index in [1.54, 1.807) is 13.2 Å². The molecule has 0 saturated heterocycles. The van der Waals surface area contributed by atoms with E-state index in [9.17, 15) is 5.26 Å². The number of hydrazine groups is 1. The topological polar surface area (TPSA) is 114 Å². The highest BCUT2D eigenvalue weighted by Crippen LogP contribution is 2.31. The minimum atomic E-state index is -0.173. The van der Waals surface area contributed by atoms with Crippen LogP contribution in [0.15, 0.2) is 53.3 Å². The minimum Gasteiger partial charge on any atom is -0.497 e. The van der Waals surface area contributed by atoms with Crippen LogP contribution < -0.4 is 21.3 Å². The van der Waals surface area contributed by atoms with Gasteiger partial charge in [-0.1, -0.05) is 27.4 Å². The van der Waals surface area contributed by atoms with Crippen molar-refractivity contribution in [1.82, 2.24) is 9.97 Å². The summed E-state index contributed by atoms with van der Waals surface area (Å²) < 4.78 is 5.20. The largest absolute Gasteiger partial charge is 0.497 e. The number of aromatic nitrogens is 2. The van der Waals surface area contributed by atoms with Crippen molar-refractivity contribution in [2.75, 3.05) is 18.4 Å². The van der Waals surface area contributed by atoms with Crippen LogP contribution in [-0.4, -0.2) is 23.3 Å². The Morgan fingerprint density at radius 1 is 1.28 bits per heavy atom. The molecule has 0 aliphatic heterocycles. The second-order valence-corrected chi connectivity index (χ2v) is 8.10. The van der Waals surface area contributed by atoms with Gasteiger partial charge in [-0.2, -0.15) is 5.26 Å². The number of methoxy groups -OCH3 is 1. The number of hydrogen-bond acceptors (Lipinski definition) is 8. The molecule has 0 amide bonds. The number of hydrogen-bond donors (Lipinski definition) is 2. The molecule has 0 radical (unpaired) electrons. The number of benzene rings is 1. The SMILES string of the molecule is C=C(/C=C(/N)N(N)c1nc(-c2ccc(OC)cc2)nc(SC)c1C#N)C(C)(C)C. The fourth-order valence-electron chi connectivity index (χ4n) is 2.30. The number of nitrogens with zero attached hydrogens (tertiary/aromatic N) is 4. The van der Waals surface area contributed by atoms with Crippen molar-refractivity contribution < 1.29 is 4.74 Å². The van der Waals surface area contributed by atoms with Gasteiger partial charge in [0.2, 0.25) is 0 Å². The number of ether oxygens (including phenoxy) is 1. The average Bonchev–Trinajstić information content (AvgIpc) is 2.71. The molecule has 0 saturated carbocycles. The number of nitriles is 1. The molecule has 4 N–H and O–H groups in total. The zero-order valence-corrected chi connectivity index (χ0v) is 18.2. The first kappa shape index (κ1) is 22.3. The zero-order chi connectivity index (χ0) is 21.8. The number of nitrogens with two attached hydrogens (primary N) is 2. The first-order chi connectivity index (χ1) is 13.6. The summed E-state index contributed by atoms with van der Waals surface area (Å²) in [6.07, 6.45) is 3.53. The molecule has 0 atom stereocenters. The maximum absolute atomic E-state index is 9.68. The number of rotatable bonds is 6. The highest BCUT2D eigenvalue weighted by molar-refractivity contribution is 7.98. The molecule has 0 bridgehead atoms. The second kappa shape index (κ2) is 8.99. The van der Waals surface area contributed by atoms with E-state index in [1.165, 1.54) is 16.8 Å². The third-order valence-corrected chi connectivity index (χ3v) is 4.98. The molecule has 0 unspecified atom stereocenters. The van der Waals surface area contributed by atoms with Gasteiger partial charge in [0, 0.05) is 5.56 Å². The molecule has 0 aliphatic rings. The van der Waals surface area contributed by atoms with Crippen LogP contribution in [0.4, 0.5) is 5.82 Å². The predicted molar refractivity (Wildman–Crippen MR) is 118 cm³/mol. The maximum Gasteiger partial charge on any atom is 0.171 e. The van der Waals surface area contributed by atoms with E-state index in [0.717, 1.165) is 16.9 Å². The Hall–Kier alpha value is -3.02. The van der Waals surface area contributed by atoms with E-state index < -0.39 is 0 Å². The lowest BCUT2D eigenvalue weighted by Gasteiger charge is -2.23.